The van der Waals surface area contributed by atoms with E-state index in [1.165, 1.54) is 43.5 Å². The van der Waals surface area contributed by atoms with Crippen LogP contribution in [0.2, 0.25) is 0 Å². The van der Waals surface area contributed by atoms with Gasteiger partial charge in [0.05, 0.1) is 6.54 Å². The predicted molar refractivity (Wildman–Crippen MR) is 142 cm³/mol. The van der Waals surface area contributed by atoms with Gasteiger partial charge in [-0.05, 0) is 50.1 Å². The van der Waals surface area contributed by atoms with E-state index < -0.39 is 0 Å². The smallest absolute Gasteiger partial charge is 0.191 e. The molecule has 1 aliphatic heterocycles. The molecule has 0 aromatic heterocycles. The minimum atomic E-state index is 0. The maximum absolute atomic E-state index is 4.94. The van der Waals surface area contributed by atoms with E-state index in [9.17, 15) is 0 Å². The van der Waals surface area contributed by atoms with Gasteiger partial charge >= 0.3 is 0 Å². The predicted octanol–water partition coefficient (Wildman–Crippen LogP) is 3.78. The molecule has 2 atom stereocenters. The second-order valence-corrected chi connectivity index (χ2v) is 9.32. The summed E-state index contributed by atoms with van der Waals surface area (Å²) in [6.07, 6.45) is 6.03. The standard InChI is InChI=1S/C23H39N5S.HI/c1-4-24-23(26-21-10-11-22(16-21)29-3)25-17-19-8-6-7-9-20(19)18-28-14-12-27(5-2)13-15-28;/h6-9,21-22H,4-5,10-18H2,1-3H3,(H2,24,25,26);1H. The molecule has 3 rings (SSSR count). The zero-order valence-corrected chi connectivity index (χ0v) is 22.0. The number of nitrogens with zero attached hydrogens (tertiary/aromatic N) is 3. The topological polar surface area (TPSA) is 42.9 Å². The molecule has 30 heavy (non-hydrogen) atoms. The van der Waals surface area contributed by atoms with Crippen molar-refractivity contribution in [3.8, 4) is 0 Å². The summed E-state index contributed by atoms with van der Waals surface area (Å²) in [6.45, 7) is 12.9. The number of hydrogen-bond donors (Lipinski definition) is 2. The molecule has 2 fully saturated rings. The van der Waals surface area contributed by atoms with Gasteiger partial charge in [-0.3, -0.25) is 4.90 Å². The van der Waals surface area contributed by atoms with Crippen molar-refractivity contribution in [3.05, 3.63) is 35.4 Å². The molecular formula is C23H40IN5S. The van der Waals surface area contributed by atoms with Gasteiger partial charge in [0.1, 0.15) is 0 Å². The van der Waals surface area contributed by atoms with Crippen LogP contribution < -0.4 is 10.6 Å². The first kappa shape index (κ1) is 25.7. The molecule has 0 amide bonds. The number of hydrogen-bond acceptors (Lipinski definition) is 4. The Hall–Kier alpha value is -0.510. The third kappa shape index (κ3) is 7.88. The van der Waals surface area contributed by atoms with Gasteiger partial charge in [-0.25, -0.2) is 4.99 Å². The van der Waals surface area contributed by atoms with Crippen molar-refractivity contribution >= 4 is 41.7 Å². The summed E-state index contributed by atoms with van der Waals surface area (Å²) in [5.41, 5.74) is 2.76. The Morgan fingerprint density at radius 3 is 2.40 bits per heavy atom. The lowest BCUT2D eigenvalue weighted by atomic mass is 10.1. The van der Waals surface area contributed by atoms with Gasteiger partial charge in [0, 0.05) is 50.6 Å². The lowest BCUT2D eigenvalue weighted by Gasteiger charge is -2.34. The molecule has 1 aromatic carbocycles. The van der Waals surface area contributed by atoms with E-state index >= 15 is 0 Å². The second-order valence-electron chi connectivity index (χ2n) is 8.19. The van der Waals surface area contributed by atoms with Gasteiger partial charge in [-0.2, -0.15) is 11.8 Å². The third-order valence-corrected chi connectivity index (χ3v) is 7.33. The maximum Gasteiger partial charge on any atom is 0.191 e. The average molecular weight is 546 g/mol. The number of piperazine rings is 1. The number of aliphatic imine (C=N–C) groups is 1. The molecule has 1 saturated carbocycles. The summed E-state index contributed by atoms with van der Waals surface area (Å²) in [6, 6.07) is 9.37. The van der Waals surface area contributed by atoms with E-state index in [1.54, 1.807) is 0 Å². The van der Waals surface area contributed by atoms with Crippen LogP contribution in [0.1, 0.15) is 44.2 Å². The van der Waals surface area contributed by atoms with E-state index in [-0.39, 0.29) is 24.0 Å². The van der Waals surface area contributed by atoms with Crippen molar-refractivity contribution < 1.29 is 0 Å². The number of halogens is 1. The van der Waals surface area contributed by atoms with E-state index in [4.69, 9.17) is 4.99 Å². The van der Waals surface area contributed by atoms with Gasteiger partial charge in [0.2, 0.25) is 0 Å². The van der Waals surface area contributed by atoms with Crippen LogP contribution in [-0.2, 0) is 13.1 Å². The molecule has 0 spiro atoms. The Balaban J connectivity index is 0.00000320. The van der Waals surface area contributed by atoms with Gasteiger partial charge < -0.3 is 15.5 Å². The molecule has 5 nitrogen and oxygen atoms in total. The monoisotopic (exact) mass is 545 g/mol. The maximum atomic E-state index is 4.94. The Labute approximate surface area is 204 Å². The van der Waals surface area contributed by atoms with Crippen LogP contribution in [0, 0.1) is 0 Å². The molecule has 0 bridgehead atoms. The summed E-state index contributed by atoms with van der Waals surface area (Å²) < 4.78 is 0. The number of likely N-dealkylation sites (N-methyl/N-ethyl adjacent to an activating group) is 1. The molecule has 170 valence electrons. The van der Waals surface area contributed by atoms with Gasteiger partial charge in [0.15, 0.2) is 5.96 Å². The van der Waals surface area contributed by atoms with Crippen molar-refractivity contribution in [1.29, 1.82) is 0 Å². The van der Waals surface area contributed by atoms with Crippen LogP contribution in [0.3, 0.4) is 0 Å². The Kier molecular flexibility index (Phi) is 11.8. The van der Waals surface area contributed by atoms with E-state index in [0.717, 1.165) is 50.5 Å². The minimum Gasteiger partial charge on any atom is -0.357 e. The first-order valence-corrected chi connectivity index (χ1v) is 12.6. The summed E-state index contributed by atoms with van der Waals surface area (Å²) in [4.78, 5) is 10.1. The van der Waals surface area contributed by atoms with Crippen molar-refractivity contribution in [1.82, 2.24) is 20.4 Å². The summed E-state index contributed by atoms with van der Waals surface area (Å²) in [5, 5.41) is 7.91. The summed E-state index contributed by atoms with van der Waals surface area (Å²) in [7, 11) is 0. The second kappa shape index (κ2) is 13.8. The van der Waals surface area contributed by atoms with E-state index in [1.807, 2.05) is 11.8 Å². The average Bonchev–Trinajstić information content (AvgIpc) is 3.21. The molecule has 1 aromatic rings. The van der Waals surface area contributed by atoms with E-state index in [0.29, 0.717) is 6.04 Å². The highest BCUT2D eigenvalue weighted by atomic mass is 127. The third-order valence-electron chi connectivity index (χ3n) is 6.23. The molecule has 1 saturated heterocycles. The zero-order valence-electron chi connectivity index (χ0n) is 18.9. The minimum absolute atomic E-state index is 0. The molecular weight excluding hydrogens is 505 g/mol. The first-order valence-electron chi connectivity index (χ1n) is 11.3. The van der Waals surface area contributed by atoms with Crippen LogP contribution in [0.25, 0.3) is 0 Å². The molecule has 7 heteroatoms. The summed E-state index contributed by atoms with van der Waals surface area (Å²) in [5.74, 6) is 0.964. The van der Waals surface area contributed by atoms with Crippen molar-refractivity contribution in [3.63, 3.8) is 0 Å². The Morgan fingerprint density at radius 1 is 1.07 bits per heavy atom. The highest BCUT2D eigenvalue weighted by molar-refractivity contribution is 14.0. The number of guanidine groups is 1. The van der Waals surface area contributed by atoms with Gasteiger partial charge in [-0.1, -0.05) is 31.2 Å². The fourth-order valence-corrected chi connectivity index (χ4v) is 5.13. The fraction of sp³-hybridized carbons (Fsp3) is 0.696. The molecule has 2 N–H and O–H groups in total. The van der Waals surface area contributed by atoms with Crippen LogP contribution in [-0.4, -0.2) is 72.6 Å². The number of rotatable bonds is 8. The quantitative estimate of drug-likeness (QED) is 0.296. The lowest BCUT2D eigenvalue weighted by molar-refractivity contribution is 0.131. The number of benzene rings is 1. The Morgan fingerprint density at radius 2 is 1.77 bits per heavy atom. The first-order chi connectivity index (χ1) is 14.2. The molecule has 2 aliphatic rings. The summed E-state index contributed by atoms with van der Waals surface area (Å²) >= 11 is 2.00. The van der Waals surface area contributed by atoms with Crippen LogP contribution in [0.4, 0.5) is 0 Å². The largest absolute Gasteiger partial charge is 0.357 e. The van der Waals surface area contributed by atoms with Crippen LogP contribution >= 0.6 is 35.7 Å². The van der Waals surface area contributed by atoms with Crippen LogP contribution in [0.15, 0.2) is 29.3 Å². The molecule has 0 radical (unpaired) electrons. The van der Waals surface area contributed by atoms with Crippen molar-refractivity contribution in [2.24, 2.45) is 4.99 Å². The molecule has 1 heterocycles. The van der Waals surface area contributed by atoms with Gasteiger partial charge in [-0.15, -0.1) is 24.0 Å². The normalized spacial score (nSPS) is 23.2. The van der Waals surface area contributed by atoms with Crippen LogP contribution in [0.5, 0.6) is 0 Å². The van der Waals surface area contributed by atoms with Gasteiger partial charge in [0.25, 0.3) is 0 Å². The van der Waals surface area contributed by atoms with Crippen molar-refractivity contribution in [2.45, 2.75) is 57.5 Å². The SMILES string of the molecule is CCNC(=NCc1ccccc1CN1CCN(CC)CC1)NC1CCC(SC)C1.I. The molecule has 2 unspecified atom stereocenters. The number of nitrogens with one attached hydrogen (secondary N) is 2. The highest BCUT2D eigenvalue weighted by Gasteiger charge is 2.24. The lowest BCUT2D eigenvalue weighted by Crippen LogP contribution is -2.45. The molecule has 1 aliphatic carbocycles. The van der Waals surface area contributed by atoms with E-state index in [2.05, 4.69) is 64.8 Å². The Bertz CT molecular complexity index is 648. The zero-order chi connectivity index (χ0) is 20.5. The highest BCUT2D eigenvalue weighted by Crippen LogP contribution is 2.28. The fourth-order valence-electron chi connectivity index (χ4n) is 4.33. The number of thioether (sulfide) groups is 1. The van der Waals surface area contributed by atoms with Crippen molar-refractivity contribution in [2.75, 3.05) is 45.5 Å².